The summed E-state index contributed by atoms with van der Waals surface area (Å²) < 4.78 is 20.1. The summed E-state index contributed by atoms with van der Waals surface area (Å²) in [6.07, 6.45) is 15.2. The van der Waals surface area contributed by atoms with Crippen molar-refractivity contribution in [2.75, 3.05) is 6.61 Å². The summed E-state index contributed by atoms with van der Waals surface area (Å²) in [5.41, 5.74) is 2.06. The summed E-state index contributed by atoms with van der Waals surface area (Å²) in [7, 11) is 0. The van der Waals surface area contributed by atoms with Gasteiger partial charge in [-0.2, -0.15) is 10.2 Å². The van der Waals surface area contributed by atoms with Crippen molar-refractivity contribution in [3.8, 4) is 17.0 Å². The van der Waals surface area contributed by atoms with Crippen molar-refractivity contribution in [3.05, 3.63) is 41.8 Å². The highest BCUT2D eigenvalue weighted by atomic mass is 19.1. The smallest absolute Gasteiger partial charge is 0.136 e. The zero-order chi connectivity index (χ0) is 21.9. The van der Waals surface area contributed by atoms with Crippen molar-refractivity contribution >= 4 is 0 Å². The molecular formula is C27H39FN2O. The molecule has 4 heteroatoms. The predicted molar refractivity (Wildman–Crippen MR) is 126 cm³/mol. The minimum Gasteiger partial charge on any atom is -0.493 e. The van der Waals surface area contributed by atoms with Gasteiger partial charge in [0.15, 0.2) is 0 Å². The molecule has 0 spiro atoms. The van der Waals surface area contributed by atoms with Gasteiger partial charge in [-0.1, -0.05) is 71.6 Å². The highest BCUT2D eigenvalue weighted by Crippen LogP contribution is 2.34. The van der Waals surface area contributed by atoms with Crippen LogP contribution in [0.2, 0.25) is 0 Å². The number of hydrogen-bond donors (Lipinski definition) is 0. The fraction of sp³-hybridized carbons (Fsp3) is 0.630. The van der Waals surface area contributed by atoms with Crippen LogP contribution in [0, 0.1) is 17.7 Å². The molecular weight excluding hydrogens is 387 g/mol. The van der Waals surface area contributed by atoms with E-state index in [1.165, 1.54) is 63.9 Å². The Bertz CT molecular complexity index is 769. The third-order valence-corrected chi connectivity index (χ3v) is 6.69. The Balaban J connectivity index is 1.45. The standard InChI is InChI=1S/C27H39FN2O/c1-3-5-7-8-21-9-11-22(12-10-21)13-14-23-15-18-27(30-29-23)25-17-16-24(20-26(25)28)31-19-6-4-2/h15-18,20-22H,3-14,19H2,1-2H3. The van der Waals surface area contributed by atoms with Gasteiger partial charge in [-0.15, -0.1) is 0 Å². The molecule has 0 saturated heterocycles. The molecule has 1 aromatic carbocycles. The van der Waals surface area contributed by atoms with Gasteiger partial charge in [0.1, 0.15) is 11.6 Å². The van der Waals surface area contributed by atoms with Crippen molar-refractivity contribution in [2.45, 2.75) is 90.9 Å². The molecule has 0 bridgehead atoms. The van der Waals surface area contributed by atoms with Crippen LogP contribution in [0.4, 0.5) is 4.39 Å². The van der Waals surface area contributed by atoms with E-state index in [0.29, 0.717) is 23.6 Å². The number of halogens is 1. The van der Waals surface area contributed by atoms with E-state index >= 15 is 0 Å². The van der Waals surface area contributed by atoms with Crippen LogP contribution in [-0.2, 0) is 6.42 Å². The maximum atomic E-state index is 14.5. The van der Waals surface area contributed by atoms with E-state index in [-0.39, 0.29) is 5.82 Å². The third-order valence-electron chi connectivity index (χ3n) is 6.69. The Kier molecular flexibility index (Phi) is 9.77. The minimum absolute atomic E-state index is 0.313. The average Bonchev–Trinajstić information content (AvgIpc) is 2.79. The van der Waals surface area contributed by atoms with Crippen LogP contribution in [0.15, 0.2) is 30.3 Å². The second kappa shape index (κ2) is 12.8. The van der Waals surface area contributed by atoms with E-state index in [4.69, 9.17) is 4.74 Å². The van der Waals surface area contributed by atoms with Crippen LogP contribution in [0.3, 0.4) is 0 Å². The number of rotatable bonds is 12. The maximum Gasteiger partial charge on any atom is 0.136 e. The number of ether oxygens (including phenoxy) is 1. The van der Waals surface area contributed by atoms with E-state index in [0.717, 1.165) is 36.8 Å². The molecule has 0 atom stereocenters. The summed E-state index contributed by atoms with van der Waals surface area (Å²) in [6.45, 7) is 5.00. The molecule has 0 unspecified atom stereocenters. The molecule has 0 N–H and O–H groups in total. The fourth-order valence-electron chi connectivity index (χ4n) is 4.61. The lowest BCUT2D eigenvalue weighted by molar-refractivity contribution is 0.248. The van der Waals surface area contributed by atoms with E-state index in [1.54, 1.807) is 6.07 Å². The summed E-state index contributed by atoms with van der Waals surface area (Å²) in [5, 5.41) is 8.68. The second-order valence-corrected chi connectivity index (χ2v) is 9.17. The lowest BCUT2D eigenvalue weighted by Crippen LogP contribution is -2.15. The van der Waals surface area contributed by atoms with E-state index in [9.17, 15) is 4.39 Å². The number of nitrogens with zero attached hydrogens (tertiary/aromatic N) is 2. The van der Waals surface area contributed by atoms with E-state index in [1.807, 2.05) is 18.2 Å². The van der Waals surface area contributed by atoms with E-state index < -0.39 is 0 Å². The zero-order valence-electron chi connectivity index (χ0n) is 19.4. The predicted octanol–water partition coefficient (Wildman–Crippen LogP) is 7.78. The van der Waals surface area contributed by atoms with Crippen molar-refractivity contribution in [2.24, 2.45) is 11.8 Å². The largest absolute Gasteiger partial charge is 0.493 e. The van der Waals surface area contributed by atoms with Gasteiger partial charge in [0.25, 0.3) is 0 Å². The lowest BCUT2D eigenvalue weighted by Gasteiger charge is -2.28. The molecule has 1 aromatic heterocycles. The monoisotopic (exact) mass is 426 g/mol. The molecule has 3 rings (SSSR count). The van der Waals surface area contributed by atoms with Gasteiger partial charge in [0, 0.05) is 11.6 Å². The van der Waals surface area contributed by atoms with Crippen LogP contribution in [0.25, 0.3) is 11.3 Å². The van der Waals surface area contributed by atoms with Gasteiger partial charge in [0.2, 0.25) is 0 Å². The molecule has 3 nitrogen and oxygen atoms in total. The number of hydrogen-bond acceptors (Lipinski definition) is 3. The fourth-order valence-corrected chi connectivity index (χ4v) is 4.61. The first kappa shape index (κ1) is 23.7. The van der Waals surface area contributed by atoms with E-state index in [2.05, 4.69) is 24.0 Å². The van der Waals surface area contributed by atoms with Crippen molar-refractivity contribution in [3.63, 3.8) is 0 Å². The van der Waals surface area contributed by atoms with Gasteiger partial charge >= 0.3 is 0 Å². The number of aromatic nitrogens is 2. The number of aryl methyl sites for hydroxylation is 1. The first-order valence-electron chi connectivity index (χ1n) is 12.4. The molecule has 0 aliphatic heterocycles. The van der Waals surface area contributed by atoms with Gasteiger partial charge in [-0.25, -0.2) is 4.39 Å². The van der Waals surface area contributed by atoms with Gasteiger partial charge < -0.3 is 4.74 Å². The van der Waals surface area contributed by atoms with Crippen LogP contribution >= 0.6 is 0 Å². The minimum atomic E-state index is -0.313. The Morgan fingerprint density at radius 2 is 1.61 bits per heavy atom. The Hall–Kier alpha value is -1.97. The Morgan fingerprint density at radius 1 is 0.871 bits per heavy atom. The maximum absolute atomic E-state index is 14.5. The third kappa shape index (κ3) is 7.59. The highest BCUT2D eigenvalue weighted by molar-refractivity contribution is 5.60. The Labute approximate surface area is 187 Å². The van der Waals surface area contributed by atoms with Crippen molar-refractivity contribution in [1.82, 2.24) is 10.2 Å². The molecule has 1 aliphatic carbocycles. The van der Waals surface area contributed by atoms with Gasteiger partial charge in [0.05, 0.1) is 18.0 Å². The summed E-state index contributed by atoms with van der Waals surface area (Å²) >= 11 is 0. The summed E-state index contributed by atoms with van der Waals surface area (Å²) in [6, 6.07) is 8.88. The van der Waals surface area contributed by atoms with Gasteiger partial charge in [-0.3, -0.25) is 0 Å². The molecule has 2 aromatic rings. The van der Waals surface area contributed by atoms with Crippen LogP contribution in [0.1, 0.15) is 90.2 Å². The first-order valence-corrected chi connectivity index (χ1v) is 12.4. The van der Waals surface area contributed by atoms with Crippen LogP contribution in [-0.4, -0.2) is 16.8 Å². The van der Waals surface area contributed by atoms with Crippen molar-refractivity contribution < 1.29 is 9.13 Å². The normalized spacial score (nSPS) is 18.8. The number of benzene rings is 1. The second-order valence-electron chi connectivity index (χ2n) is 9.17. The lowest BCUT2D eigenvalue weighted by atomic mass is 9.78. The van der Waals surface area contributed by atoms with Crippen molar-refractivity contribution in [1.29, 1.82) is 0 Å². The molecule has 170 valence electrons. The molecule has 0 radical (unpaired) electrons. The molecule has 1 saturated carbocycles. The quantitative estimate of drug-likeness (QED) is 0.325. The molecule has 1 heterocycles. The molecule has 1 fully saturated rings. The number of unbranched alkanes of at least 4 members (excludes halogenated alkanes) is 3. The topological polar surface area (TPSA) is 35.0 Å². The SMILES string of the molecule is CCCCCC1CCC(CCc2ccc(-c3ccc(OCCCC)cc3F)nn2)CC1. The highest BCUT2D eigenvalue weighted by Gasteiger charge is 2.21. The molecule has 31 heavy (non-hydrogen) atoms. The zero-order valence-corrected chi connectivity index (χ0v) is 19.4. The first-order chi connectivity index (χ1) is 15.2. The molecule has 0 amide bonds. The molecule has 1 aliphatic rings. The van der Waals surface area contributed by atoms with Crippen LogP contribution in [0.5, 0.6) is 5.75 Å². The average molecular weight is 427 g/mol. The summed E-state index contributed by atoms with van der Waals surface area (Å²) in [4.78, 5) is 0. The summed E-state index contributed by atoms with van der Waals surface area (Å²) in [5.74, 6) is 2.04. The Morgan fingerprint density at radius 3 is 2.26 bits per heavy atom. The van der Waals surface area contributed by atoms with Gasteiger partial charge in [-0.05, 0) is 55.4 Å². The van der Waals surface area contributed by atoms with Crippen LogP contribution < -0.4 is 4.74 Å².